The van der Waals surface area contributed by atoms with Crippen molar-refractivity contribution in [2.45, 2.75) is 58.2 Å². The molecule has 6 rings (SSSR count). The molecule has 1 radical (unpaired) electrons. The van der Waals surface area contributed by atoms with E-state index in [0.29, 0.717) is 0 Å². The van der Waals surface area contributed by atoms with Gasteiger partial charge in [-0.3, -0.25) is 0 Å². The maximum Gasteiger partial charge on any atom is 0.495 e. The molecule has 1 aliphatic heterocycles. The standard InChI is InChI=1S/C29H28BO2.Y/c1-27(2)22-16-15-18-11-7-8-12-19(18)25(22)26-21-14-10-9-13-20(21)24(17-23(26)27)30-31-28(3,4)29(5,6)32-30;/h7-14,16-17H,1-6H3;/q-1;. The van der Waals surface area contributed by atoms with Crippen molar-refractivity contribution in [1.29, 1.82) is 0 Å². The summed E-state index contributed by atoms with van der Waals surface area (Å²) in [5.74, 6) is 0. The fourth-order valence-corrected chi connectivity index (χ4v) is 5.43. The summed E-state index contributed by atoms with van der Waals surface area (Å²) in [6, 6.07) is 25.4. The molecule has 4 aromatic rings. The van der Waals surface area contributed by atoms with Crippen molar-refractivity contribution >= 4 is 34.1 Å². The van der Waals surface area contributed by atoms with Crippen LogP contribution in [0.3, 0.4) is 0 Å². The first-order valence-electron chi connectivity index (χ1n) is 11.5. The van der Waals surface area contributed by atoms with Crippen LogP contribution >= 0.6 is 0 Å². The van der Waals surface area contributed by atoms with Gasteiger partial charge in [0.1, 0.15) is 0 Å². The summed E-state index contributed by atoms with van der Waals surface area (Å²) in [5, 5.41) is 4.89. The Bertz CT molecular complexity index is 1400. The molecular weight excluding hydrogens is 480 g/mol. The van der Waals surface area contributed by atoms with Crippen LogP contribution in [0.2, 0.25) is 0 Å². The van der Waals surface area contributed by atoms with Crippen LogP contribution in [0.15, 0.2) is 60.7 Å². The van der Waals surface area contributed by atoms with Crippen LogP contribution in [-0.2, 0) is 47.4 Å². The molecule has 0 amide bonds. The number of hydrogen-bond donors (Lipinski definition) is 0. The third-order valence-electron chi connectivity index (χ3n) is 8.02. The van der Waals surface area contributed by atoms with Crippen molar-refractivity contribution in [3.8, 4) is 11.1 Å². The van der Waals surface area contributed by atoms with Gasteiger partial charge in [0.2, 0.25) is 0 Å². The van der Waals surface area contributed by atoms with E-state index in [9.17, 15) is 0 Å². The summed E-state index contributed by atoms with van der Waals surface area (Å²) in [6.45, 7) is 13.1. The Labute approximate surface area is 222 Å². The Balaban J connectivity index is 0.00000228. The molecule has 4 aromatic carbocycles. The third-order valence-corrected chi connectivity index (χ3v) is 8.02. The van der Waals surface area contributed by atoms with E-state index < -0.39 is 7.12 Å². The minimum atomic E-state index is -0.391. The molecule has 0 N–H and O–H groups in total. The predicted molar refractivity (Wildman–Crippen MR) is 134 cm³/mol. The molecule has 0 spiro atoms. The van der Waals surface area contributed by atoms with E-state index in [4.69, 9.17) is 9.31 Å². The van der Waals surface area contributed by atoms with Crippen LogP contribution in [0.5, 0.6) is 0 Å². The topological polar surface area (TPSA) is 18.5 Å². The molecule has 1 heterocycles. The summed E-state index contributed by atoms with van der Waals surface area (Å²) < 4.78 is 13.0. The molecule has 0 unspecified atom stereocenters. The minimum Gasteiger partial charge on any atom is -0.399 e. The van der Waals surface area contributed by atoms with Gasteiger partial charge in [-0.05, 0) is 60.5 Å². The normalized spacial score (nSPS) is 19.4. The Morgan fingerprint density at radius 3 is 1.91 bits per heavy atom. The van der Waals surface area contributed by atoms with Gasteiger partial charge in [-0.25, -0.2) is 0 Å². The van der Waals surface area contributed by atoms with Gasteiger partial charge in [0.25, 0.3) is 0 Å². The molecular formula is C29H28BO2Y-. The first-order chi connectivity index (χ1) is 15.1. The molecule has 1 fully saturated rings. The molecule has 0 saturated carbocycles. The first kappa shape index (κ1) is 23.2. The largest absolute Gasteiger partial charge is 0.495 e. The minimum absolute atomic E-state index is 0. The maximum absolute atomic E-state index is 6.51. The second-order valence-corrected chi connectivity index (χ2v) is 10.8. The molecule has 163 valence electrons. The van der Waals surface area contributed by atoms with E-state index >= 15 is 0 Å². The Morgan fingerprint density at radius 1 is 0.697 bits per heavy atom. The van der Waals surface area contributed by atoms with Crippen LogP contribution < -0.4 is 5.46 Å². The molecule has 1 saturated heterocycles. The molecule has 4 heteroatoms. The fraction of sp³-hybridized carbons (Fsp3) is 0.310. The van der Waals surface area contributed by atoms with Crippen LogP contribution in [0.4, 0.5) is 0 Å². The second kappa shape index (κ2) is 7.49. The summed E-state index contributed by atoms with van der Waals surface area (Å²) in [5.41, 5.74) is 5.59. The van der Waals surface area contributed by atoms with Crippen LogP contribution in [0.1, 0.15) is 52.7 Å². The number of rotatable bonds is 1. The van der Waals surface area contributed by atoms with Gasteiger partial charge in [-0.15, -0.1) is 40.6 Å². The third kappa shape index (κ3) is 3.16. The Hall–Kier alpha value is -1.51. The average Bonchev–Trinajstić information content (AvgIpc) is 3.12. The first-order valence-corrected chi connectivity index (χ1v) is 11.5. The predicted octanol–water partition coefficient (Wildman–Crippen LogP) is 6.40. The molecule has 2 nitrogen and oxygen atoms in total. The number of hydrogen-bond acceptors (Lipinski definition) is 2. The zero-order chi connectivity index (χ0) is 22.5. The molecule has 2 aliphatic rings. The van der Waals surface area contributed by atoms with E-state index in [2.05, 4.69) is 108 Å². The van der Waals surface area contributed by atoms with Gasteiger partial charge in [-0.2, -0.15) is 0 Å². The smallest absolute Gasteiger partial charge is 0.399 e. The zero-order valence-electron chi connectivity index (χ0n) is 20.2. The van der Waals surface area contributed by atoms with Crippen molar-refractivity contribution < 1.29 is 42.0 Å². The van der Waals surface area contributed by atoms with Gasteiger partial charge in [0.05, 0.1) is 11.2 Å². The van der Waals surface area contributed by atoms with Gasteiger partial charge < -0.3 is 9.31 Å². The number of fused-ring (bicyclic) bond motifs is 7. The maximum atomic E-state index is 6.51. The summed E-state index contributed by atoms with van der Waals surface area (Å²) in [6.07, 6.45) is 0. The van der Waals surface area contributed by atoms with Crippen molar-refractivity contribution in [2.24, 2.45) is 0 Å². The Morgan fingerprint density at radius 2 is 1.24 bits per heavy atom. The summed E-state index contributed by atoms with van der Waals surface area (Å²) in [7, 11) is -0.391. The van der Waals surface area contributed by atoms with Gasteiger partial charge >= 0.3 is 7.12 Å². The zero-order valence-corrected chi connectivity index (χ0v) is 23.1. The van der Waals surface area contributed by atoms with Gasteiger partial charge in [-0.1, -0.05) is 61.9 Å². The van der Waals surface area contributed by atoms with Crippen LogP contribution in [-0.4, -0.2) is 18.3 Å². The summed E-state index contributed by atoms with van der Waals surface area (Å²) >= 11 is 0. The van der Waals surface area contributed by atoms with E-state index in [1.54, 1.807) is 0 Å². The quantitative estimate of drug-likeness (QED) is 0.219. The SMILES string of the molecule is CC1(C)c2c[c-]c3ccccc3c2-c2c1cc(B1OC(C)(C)C(C)(C)O1)c1ccccc21.[Y]. The van der Waals surface area contributed by atoms with E-state index in [1.165, 1.54) is 38.4 Å². The Kier molecular flexibility index (Phi) is 5.28. The molecule has 0 aromatic heterocycles. The van der Waals surface area contributed by atoms with Gasteiger partial charge in [0.15, 0.2) is 0 Å². The van der Waals surface area contributed by atoms with Crippen molar-refractivity contribution in [3.63, 3.8) is 0 Å². The number of benzene rings is 4. The van der Waals surface area contributed by atoms with Gasteiger partial charge in [0, 0.05) is 32.7 Å². The van der Waals surface area contributed by atoms with E-state index in [-0.39, 0.29) is 49.3 Å². The summed E-state index contributed by atoms with van der Waals surface area (Å²) in [4.78, 5) is 0. The molecule has 1 aliphatic carbocycles. The van der Waals surface area contributed by atoms with Crippen molar-refractivity contribution in [2.75, 3.05) is 0 Å². The monoisotopic (exact) mass is 508 g/mol. The van der Waals surface area contributed by atoms with Crippen molar-refractivity contribution in [1.82, 2.24) is 0 Å². The second-order valence-electron chi connectivity index (χ2n) is 10.8. The van der Waals surface area contributed by atoms with Crippen LogP contribution in [0.25, 0.3) is 32.7 Å². The van der Waals surface area contributed by atoms with Crippen LogP contribution in [0, 0.1) is 6.07 Å². The van der Waals surface area contributed by atoms with Crippen molar-refractivity contribution in [3.05, 3.63) is 77.9 Å². The molecule has 0 atom stereocenters. The molecule has 0 bridgehead atoms. The fourth-order valence-electron chi connectivity index (χ4n) is 5.43. The molecule has 33 heavy (non-hydrogen) atoms. The van der Waals surface area contributed by atoms with E-state index in [0.717, 1.165) is 10.8 Å². The van der Waals surface area contributed by atoms with E-state index in [1.807, 2.05) is 0 Å². The average molecular weight is 508 g/mol.